The van der Waals surface area contributed by atoms with Crippen molar-refractivity contribution in [2.75, 3.05) is 0 Å². The molecule has 0 N–H and O–H groups in total. The minimum Gasteiger partial charge on any atom is -0.343 e. The number of aryl methyl sites for hydroxylation is 1. The van der Waals surface area contributed by atoms with Gasteiger partial charge in [0.1, 0.15) is 0 Å². The average Bonchev–Trinajstić information content (AvgIpc) is 2.62. The van der Waals surface area contributed by atoms with Crippen LogP contribution >= 0.6 is 11.3 Å². The second-order valence-corrected chi connectivity index (χ2v) is 3.83. The molecule has 0 atom stereocenters. The molecule has 0 aliphatic rings. The summed E-state index contributed by atoms with van der Waals surface area (Å²) in [5.74, 6) is -1.87. The number of thiazole rings is 1. The van der Waals surface area contributed by atoms with Crippen LogP contribution in [0.4, 0.5) is 13.2 Å². The summed E-state index contributed by atoms with van der Waals surface area (Å²) in [6.07, 6.45) is -2.54. The van der Waals surface area contributed by atoms with Crippen LogP contribution in [0.2, 0.25) is 0 Å². The van der Waals surface area contributed by atoms with E-state index in [0.29, 0.717) is 17.0 Å². The molecule has 0 saturated heterocycles. The van der Waals surface area contributed by atoms with E-state index in [1.54, 1.807) is 0 Å². The van der Waals surface area contributed by atoms with Crippen molar-refractivity contribution in [1.29, 1.82) is 0 Å². The second-order valence-electron chi connectivity index (χ2n) is 2.97. The molecule has 0 spiro atoms. The zero-order chi connectivity index (χ0) is 12.8. The number of ketones is 1. The van der Waals surface area contributed by atoms with Gasteiger partial charge in [-0.25, -0.2) is 4.98 Å². The van der Waals surface area contributed by atoms with Gasteiger partial charge in [0.15, 0.2) is 5.01 Å². The molecule has 1 aromatic heterocycles. The third kappa shape index (κ3) is 7.58. The van der Waals surface area contributed by atoms with Crippen molar-refractivity contribution in [3.63, 3.8) is 0 Å². The average molecular weight is 259 g/mol. The monoisotopic (exact) mass is 259 g/mol. The van der Waals surface area contributed by atoms with E-state index >= 15 is 0 Å². The molecule has 0 saturated carbocycles. The largest absolute Gasteiger partial charge is 1.00 e. The van der Waals surface area contributed by atoms with Crippen LogP contribution in [0, 0.1) is 13.8 Å². The molecule has 0 bridgehead atoms. The Kier molecular flexibility index (Phi) is 9.78. The number of carbonyl (C=O) groups excluding carboxylic acids is 1. The van der Waals surface area contributed by atoms with E-state index in [9.17, 15) is 18.0 Å². The van der Waals surface area contributed by atoms with Crippen LogP contribution in [0.1, 0.15) is 35.3 Å². The predicted molar refractivity (Wildman–Crippen MR) is 57.5 cm³/mol. The summed E-state index contributed by atoms with van der Waals surface area (Å²) < 4.78 is 35.3. The number of unbranched alkanes of at least 4 members (excludes halogenated alkanes) is 1. The van der Waals surface area contributed by atoms with E-state index in [4.69, 9.17) is 0 Å². The van der Waals surface area contributed by atoms with Crippen molar-refractivity contribution < 1.29 is 36.8 Å². The van der Waals surface area contributed by atoms with E-state index in [0.717, 1.165) is 6.42 Å². The zero-order valence-electron chi connectivity index (χ0n) is 10.1. The van der Waals surface area contributed by atoms with Crippen molar-refractivity contribution in [2.24, 2.45) is 0 Å². The predicted octanol–water partition coefficient (Wildman–Crippen LogP) is 0.821. The molecule has 0 amide bonds. The van der Waals surface area contributed by atoms with Gasteiger partial charge < -0.3 is 6.92 Å². The smallest absolute Gasteiger partial charge is 0.343 e. The third-order valence-electron chi connectivity index (χ3n) is 1.42. The number of aromatic nitrogens is 1. The molecule has 0 radical (unpaired) electrons. The van der Waals surface area contributed by atoms with Crippen molar-refractivity contribution in [3.05, 3.63) is 23.0 Å². The van der Waals surface area contributed by atoms with Crippen LogP contribution in [0.5, 0.6) is 0 Å². The maximum absolute atomic E-state index is 11.8. The Morgan fingerprint density at radius 3 is 2.24 bits per heavy atom. The Labute approximate surface area is 115 Å². The minimum atomic E-state index is -4.82. The molecule has 0 aliphatic carbocycles. The molecule has 1 heterocycles. The normalized spacial score (nSPS) is 10.0. The van der Waals surface area contributed by atoms with Crippen LogP contribution in [0.15, 0.2) is 5.38 Å². The molecule has 92 valence electrons. The summed E-state index contributed by atoms with van der Waals surface area (Å²) in [5.41, 5.74) is 0.424. The van der Waals surface area contributed by atoms with Crippen LogP contribution in [0.3, 0.4) is 0 Å². The molecule has 0 unspecified atom stereocenters. The molecule has 0 aliphatic heterocycles. The minimum absolute atomic E-state index is 0. The van der Waals surface area contributed by atoms with E-state index < -0.39 is 17.0 Å². The Morgan fingerprint density at radius 2 is 2.00 bits per heavy atom. The number of alkyl halides is 3. The van der Waals surface area contributed by atoms with Crippen LogP contribution in [-0.4, -0.2) is 16.9 Å². The number of hydrogen-bond acceptors (Lipinski definition) is 3. The molecule has 0 aromatic carbocycles. The topological polar surface area (TPSA) is 30.0 Å². The quantitative estimate of drug-likeness (QED) is 0.447. The second kappa shape index (κ2) is 8.73. The van der Waals surface area contributed by atoms with Gasteiger partial charge in [0.2, 0.25) is 0 Å². The van der Waals surface area contributed by atoms with Gasteiger partial charge in [-0.3, -0.25) is 4.79 Å². The van der Waals surface area contributed by atoms with E-state index in [2.05, 4.69) is 18.8 Å². The fourth-order valence-corrected chi connectivity index (χ4v) is 1.33. The zero-order valence-corrected chi connectivity index (χ0v) is 10.9. The molecular weight excluding hydrogens is 246 g/mol. The first-order chi connectivity index (χ1) is 7.32. The molecular formula is C10H13F3LiNOS. The van der Waals surface area contributed by atoms with Crippen LogP contribution in [-0.2, 0) is 0 Å². The van der Waals surface area contributed by atoms with E-state index in [1.807, 2.05) is 0 Å². The fourth-order valence-electron chi connectivity index (χ4n) is 0.580. The van der Waals surface area contributed by atoms with Crippen molar-refractivity contribution in [1.82, 2.24) is 4.98 Å². The first-order valence-corrected chi connectivity index (χ1v) is 5.53. The number of hydrogen-bond donors (Lipinski definition) is 0. The van der Waals surface area contributed by atoms with Crippen molar-refractivity contribution in [2.45, 2.75) is 32.9 Å². The van der Waals surface area contributed by atoms with Gasteiger partial charge in [-0.15, -0.1) is 11.3 Å². The number of carbonyl (C=O) groups is 1. The number of halogens is 3. The molecule has 1 aromatic rings. The summed E-state index contributed by atoms with van der Waals surface area (Å²) in [4.78, 5) is 13.9. The van der Waals surface area contributed by atoms with Crippen LogP contribution < -0.4 is 18.9 Å². The van der Waals surface area contributed by atoms with Crippen molar-refractivity contribution >= 4 is 17.1 Å². The maximum atomic E-state index is 11.8. The molecule has 0 fully saturated rings. The summed E-state index contributed by atoms with van der Waals surface area (Å²) in [6, 6.07) is 0. The van der Waals surface area contributed by atoms with Crippen LogP contribution in [0.25, 0.3) is 0 Å². The molecule has 7 heteroatoms. The summed E-state index contributed by atoms with van der Waals surface area (Å²) in [7, 11) is 0. The Hall–Kier alpha value is -0.313. The van der Waals surface area contributed by atoms with Gasteiger partial charge in [-0.1, -0.05) is 13.3 Å². The first kappa shape index (κ1) is 19.0. The Balaban J connectivity index is 0. The van der Waals surface area contributed by atoms with Gasteiger partial charge in [0.25, 0.3) is 5.78 Å². The summed E-state index contributed by atoms with van der Waals surface area (Å²) >= 11 is 0.704. The van der Waals surface area contributed by atoms with Crippen molar-refractivity contribution in [3.8, 4) is 0 Å². The summed E-state index contributed by atoms with van der Waals surface area (Å²) in [5, 5.41) is 0.902. The third-order valence-corrected chi connectivity index (χ3v) is 2.38. The summed E-state index contributed by atoms with van der Waals surface area (Å²) in [6.45, 7) is 7.25. The van der Waals surface area contributed by atoms with E-state index in [1.165, 1.54) is 18.7 Å². The maximum Gasteiger partial charge on any atom is 1.00 e. The Morgan fingerprint density at radius 1 is 1.53 bits per heavy atom. The Bertz CT molecular complexity index is 337. The molecule has 2 nitrogen and oxygen atoms in total. The standard InChI is InChI=1S/C6H4F3NOS.C4H9.Li/c1-3-2-12-5(10-3)4(11)6(7,8)9;1-3-4-2;/h2H,1H3;1,3-4H2,2H3;/q;-1;+1. The number of Topliss-reactive ketones (excluding diaryl/α,β-unsaturated/α-hetero) is 1. The first-order valence-electron chi connectivity index (χ1n) is 4.65. The molecule has 17 heavy (non-hydrogen) atoms. The van der Waals surface area contributed by atoms with Gasteiger partial charge >= 0.3 is 25.0 Å². The van der Waals surface area contributed by atoms with Gasteiger partial charge in [-0.05, 0) is 6.92 Å². The number of rotatable bonds is 2. The fraction of sp³-hybridized carbons (Fsp3) is 0.500. The van der Waals surface area contributed by atoms with E-state index in [-0.39, 0.29) is 18.9 Å². The van der Waals surface area contributed by atoms with Gasteiger partial charge in [0, 0.05) is 11.1 Å². The number of nitrogens with zero attached hydrogens (tertiary/aromatic N) is 1. The van der Waals surface area contributed by atoms with Gasteiger partial charge in [-0.2, -0.15) is 19.6 Å². The molecule has 1 rings (SSSR count). The SMILES string of the molecule is Cc1csc(C(=O)C(F)(F)F)n1.[CH2-]CCC.[Li+]. The van der Waals surface area contributed by atoms with Gasteiger partial charge in [0.05, 0.1) is 0 Å².